The van der Waals surface area contributed by atoms with Crippen molar-refractivity contribution >= 4 is 5.91 Å². The van der Waals surface area contributed by atoms with Gasteiger partial charge in [0.15, 0.2) is 0 Å². The first kappa shape index (κ1) is 49.3. The standard InChI is InChI=1S/C46H85NO4/c1-3-5-7-9-11-13-15-17-19-21-22-24-25-27-29-31-33-35-37-39-43(49)41-46(51)47-44(42-48)45(50)40-38-36-34-32-30-28-26-23-20-18-16-14-12-10-8-6-4-2/h5,7,11,13,30,32,38,40,43-45,48-50H,3-4,6,8-10,12,14-29,31,33-37,39,41-42H2,1-2H3,(H,47,51)/b7-5-,13-11-,32-30+,40-38+. The van der Waals surface area contributed by atoms with Gasteiger partial charge in [0.1, 0.15) is 0 Å². The number of hydrogen-bond donors (Lipinski definition) is 4. The summed E-state index contributed by atoms with van der Waals surface area (Å²) in [5.74, 6) is -0.327. The summed E-state index contributed by atoms with van der Waals surface area (Å²) in [4.78, 5) is 12.4. The quantitative estimate of drug-likeness (QED) is 0.0377. The third-order valence-electron chi connectivity index (χ3n) is 9.85. The zero-order valence-electron chi connectivity index (χ0n) is 33.7. The normalized spacial score (nSPS) is 14.1. The van der Waals surface area contributed by atoms with Gasteiger partial charge >= 0.3 is 0 Å². The fraction of sp³-hybridized carbons (Fsp3) is 0.804. The Morgan fingerprint density at radius 2 is 0.961 bits per heavy atom. The minimum absolute atomic E-state index is 0.00417. The molecule has 0 radical (unpaired) electrons. The van der Waals surface area contributed by atoms with Gasteiger partial charge in [-0.05, 0) is 57.8 Å². The maximum absolute atomic E-state index is 12.4. The van der Waals surface area contributed by atoms with E-state index in [2.05, 4.69) is 55.6 Å². The van der Waals surface area contributed by atoms with Crippen LogP contribution in [-0.4, -0.2) is 46.1 Å². The Hall–Kier alpha value is -1.69. The Balaban J connectivity index is 3.70. The maximum atomic E-state index is 12.4. The first-order valence-electron chi connectivity index (χ1n) is 21.9. The molecule has 0 aliphatic rings. The second kappa shape index (κ2) is 41.1. The van der Waals surface area contributed by atoms with E-state index in [0.29, 0.717) is 6.42 Å². The fourth-order valence-electron chi connectivity index (χ4n) is 6.51. The summed E-state index contributed by atoms with van der Waals surface area (Å²) in [7, 11) is 0. The summed E-state index contributed by atoms with van der Waals surface area (Å²) in [6, 6.07) is -0.761. The van der Waals surface area contributed by atoms with E-state index in [1.807, 2.05) is 6.08 Å². The maximum Gasteiger partial charge on any atom is 0.222 e. The molecule has 0 aromatic rings. The van der Waals surface area contributed by atoms with Crippen LogP contribution in [0, 0.1) is 0 Å². The van der Waals surface area contributed by atoms with Crippen LogP contribution in [0.1, 0.15) is 213 Å². The summed E-state index contributed by atoms with van der Waals surface area (Å²) in [6.45, 7) is 4.10. The molecule has 0 aromatic carbocycles. The highest BCUT2D eigenvalue weighted by Crippen LogP contribution is 2.15. The lowest BCUT2D eigenvalue weighted by Crippen LogP contribution is -2.45. The molecule has 0 fully saturated rings. The van der Waals surface area contributed by atoms with Crippen molar-refractivity contribution in [1.82, 2.24) is 5.32 Å². The molecule has 51 heavy (non-hydrogen) atoms. The van der Waals surface area contributed by atoms with E-state index < -0.39 is 18.2 Å². The number of aliphatic hydroxyl groups excluding tert-OH is 3. The lowest BCUT2D eigenvalue weighted by atomic mass is 10.0. The number of unbranched alkanes of at least 4 members (excludes halogenated alkanes) is 24. The van der Waals surface area contributed by atoms with Gasteiger partial charge in [-0.2, -0.15) is 0 Å². The molecule has 0 heterocycles. The number of rotatable bonds is 39. The number of nitrogens with one attached hydrogen (secondary N) is 1. The molecule has 0 aliphatic heterocycles. The number of carbonyl (C=O) groups excluding carboxylic acids is 1. The molecule has 0 aromatic heterocycles. The monoisotopic (exact) mass is 716 g/mol. The van der Waals surface area contributed by atoms with Crippen LogP contribution in [0.2, 0.25) is 0 Å². The first-order valence-corrected chi connectivity index (χ1v) is 21.9. The molecule has 298 valence electrons. The van der Waals surface area contributed by atoms with Crippen molar-refractivity contribution in [2.45, 2.75) is 231 Å². The number of amides is 1. The summed E-state index contributed by atoms with van der Waals surface area (Å²) < 4.78 is 0. The summed E-state index contributed by atoms with van der Waals surface area (Å²) in [5.41, 5.74) is 0. The predicted octanol–water partition coefficient (Wildman–Crippen LogP) is 12.5. The molecule has 5 heteroatoms. The number of hydrogen-bond acceptors (Lipinski definition) is 4. The zero-order valence-corrected chi connectivity index (χ0v) is 33.7. The van der Waals surface area contributed by atoms with E-state index >= 15 is 0 Å². The van der Waals surface area contributed by atoms with Crippen molar-refractivity contribution in [2.75, 3.05) is 6.61 Å². The lowest BCUT2D eigenvalue weighted by Gasteiger charge is -2.21. The van der Waals surface area contributed by atoms with Gasteiger partial charge in [-0.1, -0.05) is 197 Å². The fourth-order valence-corrected chi connectivity index (χ4v) is 6.51. The molecule has 4 N–H and O–H groups in total. The molecule has 0 spiro atoms. The lowest BCUT2D eigenvalue weighted by molar-refractivity contribution is -0.124. The van der Waals surface area contributed by atoms with Crippen LogP contribution >= 0.6 is 0 Å². The van der Waals surface area contributed by atoms with Crippen LogP contribution in [0.5, 0.6) is 0 Å². The van der Waals surface area contributed by atoms with Crippen LogP contribution in [-0.2, 0) is 4.79 Å². The van der Waals surface area contributed by atoms with Crippen molar-refractivity contribution in [3.05, 3.63) is 48.6 Å². The van der Waals surface area contributed by atoms with Crippen LogP contribution in [0.25, 0.3) is 0 Å². The Bertz CT molecular complexity index is 835. The number of carbonyl (C=O) groups is 1. The van der Waals surface area contributed by atoms with Crippen molar-refractivity contribution in [3.63, 3.8) is 0 Å². The third kappa shape index (κ3) is 37.9. The second-order valence-corrected chi connectivity index (χ2v) is 14.9. The summed E-state index contributed by atoms with van der Waals surface area (Å²) >= 11 is 0. The molecule has 0 aliphatic carbocycles. The SMILES string of the molecule is CC/C=C\C/C=C\CCCCCCCCCCCCCCC(O)CC(=O)NC(CO)C(O)/C=C/CC/C=C/CCCCCCCCCCCCC. The Kier molecular flexibility index (Phi) is 39.7. The van der Waals surface area contributed by atoms with Crippen molar-refractivity contribution < 1.29 is 20.1 Å². The van der Waals surface area contributed by atoms with Crippen LogP contribution in [0.3, 0.4) is 0 Å². The molecule has 0 saturated heterocycles. The second-order valence-electron chi connectivity index (χ2n) is 14.9. The van der Waals surface area contributed by atoms with E-state index in [0.717, 1.165) is 44.9 Å². The van der Waals surface area contributed by atoms with Crippen LogP contribution in [0.4, 0.5) is 0 Å². The van der Waals surface area contributed by atoms with Gasteiger partial charge in [0.05, 0.1) is 31.3 Å². The Morgan fingerprint density at radius 3 is 1.47 bits per heavy atom. The van der Waals surface area contributed by atoms with E-state index in [4.69, 9.17) is 0 Å². The van der Waals surface area contributed by atoms with Gasteiger partial charge in [0, 0.05) is 0 Å². The molecule has 5 nitrogen and oxygen atoms in total. The van der Waals surface area contributed by atoms with Crippen LogP contribution in [0.15, 0.2) is 48.6 Å². The minimum atomic E-state index is -0.952. The average Bonchev–Trinajstić information content (AvgIpc) is 3.12. The van der Waals surface area contributed by atoms with Gasteiger partial charge < -0.3 is 20.6 Å². The van der Waals surface area contributed by atoms with Gasteiger partial charge in [0.25, 0.3) is 0 Å². The van der Waals surface area contributed by atoms with Gasteiger partial charge in [-0.3, -0.25) is 4.79 Å². The van der Waals surface area contributed by atoms with E-state index in [-0.39, 0.29) is 18.9 Å². The Morgan fingerprint density at radius 1 is 0.529 bits per heavy atom. The molecule has 0 bridgehead atoms. The van der Waals surface area contributed by atoms with Gasteiger partial charge in [0.2, 0.25) is 5.91 Å². The number of aliphatic hydroxyl groups is 3. The predicted molar refractivity (Wildman–Crippen MR) is 222 cm³/mol. The molecule has 3 unspecified atom stereocenters. The topological polar surface area (TPSA) is 89.8 Å². The molecule has 1 amide bonds. The summed E-state index contributed by atoms with van der Waals surface area (Å²) in [6.07, 6.45) is 52.5. The van der Waals surface area contributed by atoms with Gasteiger partial charge in [-0.25, -0.2) is 0 Å². The zero-order chi connectivity index (χ0) is 37.3. The third-order valence-corrected chi connectivity index (χ3v) is 9.85. The smallest absolute Gasteiger partial charge is 0.222 e. The first-order chi connectivity index (χ1) is 25.0. The van der Waals surface area contributed by atoms with Crippen molar-refractivity contribution in [2.24, 2.45) is 0 Å². The van der Waals surface area contributed by atoms with Gasteiger partial charge in [-0.15, -0.1) is 0 Å². The number of allylic oxidation sites excluding steroid dienone is 7. The minimum Gasteiger partial charge on any atom is -0.394 e. The average molecular weight is 716 g/mol. The largest absolute Gasteiger partial charge is 0.394 e. The molecule has 0 saturated carbocycles. The Labute approximate surface area is 316 Å². The molecular weight excluding hydrogens is 631 g/mol. The summed E-state index contributed by atoms with van der Waals surface area (Å²) in [5, 5.41) is 33.2. The molecule has 0 rings (SSSR count). The highest BCUT2D eigenvalue weighted by Gasteiger charge is 2.20. The van der Waals surface area contributed by atoms with Crippen molar-refractivity contribution in [1.29, 1.82) is 0 Å². The van der Waals surface area contributed by atoms with E-state index in [9.17, 15) is 20.1 Å². The molecule has 3 atom stereocenters. The van der Waals surface area contributed by atoms with E-state index in [1.54, 1.807) is 6.08 Å². The highest BCUT2D eigenvalue weighted by atomic mass is 16.3. The van der Waals surface area contributed by atoms with E-state index in [1.165, 1.54) is 141 Å². The highest BCUT2D eigenvalue weighted by molar-refractivity contribution is 5.76. The van der Waals surface area contributed by atoms with Crippen molar-refractivity contribution in [3.8, 4) is 0 Å². The molecular formula is C46H85NO4. The van der Waals surface area contributed by atoms with Crippen LogP contribution < -0.4 is 5.32 Å².